The highest BCUT2D eigenvalue weighted by Gasteiger charge is 2.34. The van der Waals surface area contributed by atoms with Crippen molar-refractivity contribution in [3.05, 3.63) is 66.2 Å². The normalized spacial score (nSPS) is 14.3. The summed E-state index contributed by atoms with van der Waals surface area (Å²) in [7, 11) is 0. The molecule has 0 spiro atoms. The Hall–Kier alpha value is -3.34. The number of aromatic nitrogens is 2. The Balaban J connectivity index is 1.46. The molecule has 1 aliphatic rings. The van der Waals surface area contributed by atoms with Gasteiger partial charge in [0.15, 0.2) is 10.8 Å². The van der Waals surface area contributed by atoms with E-state index in [1.807, 2.05) is 35.2 Å². The highest BCUT2D eigenvalue weighted by atomic mass is 32.1. The summed E-state index contributed by atoms with van der Waals surface area (Å²) < 4.78 is 45.6. The van der Waals surface area contributed by atoms with Crippen molar-refractivity contribution in [3.63, 3.8) is 0 Å². The number of thiocarbonyl (C=S) groups is 1. The molecule has 2 aromatic heterocycles. The molecule has 168 valence electrons. The number of rotatable bonds is 5. The number of furan rings is 1. The Kier molecular flexibility index (Phi) is 6.45. The molecular formula is C21H21F3N6OS. The Morgan fingerprint density at radius 2 is 1.72 bits per heavy atom. The summed E-state index contributed by atoms with van der Waals surface area (Å²) in [5.41, 5.74) is 0.0606. The molecule has 0 unspecified atom stereocenters. The van der Waals surface area contributed by atoms with Crippen LogP contribution >= 0.6 is 12.2 Å². The summed E-state index contributed by atoms with van der Waals surface area (Å²) in [5, 5.41) is 5.61. The van der Waals surface area contributed by atoms with E-state index >= 15 is 0 Å². The van der Waals surface area contributed by atoms with Crippen molar-refractivity contribution in [2.45, 2.75) is 12.7 Å². The average molecular weight is 463 g/mol. The zero-order chi connectivity index (χ0) is 22.6. The Bertz CT molecular complexity index is 1040. The van der Waals surface area contributed by atoms with E-state index in [-0.39, 0.29) is 23.4 Å². The van der Waals surface area contributed by atoms with Gasteiger partial charge in [-0.1, -0.05) is 18.2 Å². The highest BCUT2D eigenvalue weighted by molar-refractivity contribution is 7.80. The first-order chi connectivity index (χ1) is 15.4. The fraction of sp³-hybridized carbons (Fsp3) is 0.286. The maximum absolute atomic E-state index is 13.5. The van der Waals surface area contributed by atoms with Crippen molar-refractivity contribution in [3.8, 4) is 0 Å². The van der Waals surface area contributed by atoms with E-state index < -0.39 is 11.9 Å². The van der Waals surface area contributed by atoms with E-state index in [1.165, 1.54) is 6.26 Å². The molecule has 1 fully saturated rings. The highest BCUT2D eigenvalue weighted by Crippen LogP contribution is 2.31. The summed E-state index contributed by atoms with van der Waals surface area (Å²) in [5.74, 6) is 0.629. The van der Waals surface area contributed by atoms with Gasteiger partial charge in [-0.3, -0.25) is 0 Å². The number of alkyl halides is 3. The lowest BCUT2D eigenvalue weighted by atomic mass is 10.2. The van der Waals surface area contributed by atoms with E-state index in [4.69, 9.17) is 16.6 Å². The van der Waals surface area contributed by atoms with Gasteiger partial charge in [-0.15, -0.1) is 0 Å². The van der Waals surface area contributed by atoms with Crippen LogP contribution in [0.25, 0.3) is 0 Å². The predicted octanol–water partition coefficient (Wildman–Crippen LogP) is 3.90. The molecule has 0 radical (unpaired) electrons. The van der Waals surface area contributed by atoms with Crippen molar-refractivity contribution in [1.29, 1.82) is 0 Å². The standard InChI is InChI=1S/C21H21F3N6OS/c22-21(23,24)17-13-18(30-10-8-29(9-11-30)15-5-2-1-3-6-15)27-19(26-17)28-20(32)25-14-16-7-4-12-31-16/h1-7,12-13H,8-11,14H2,(H2,25,26,27,28,32). The number of halogens is 3. The summed E-state index contributed by atoms with van der Waals surface area (Å²) in [4.78, 5) is 11.9. The maximum Gasteiger partial charge on any atom is 0.433 e. The topological polar surface area (TPSA) is 69.5 Å². The lowest BCUT2D eigenvalue weighted by Crippen LogP contribution is -2.47. The second-order valence-corrected chi connectivity index (χ2v) is 7.54. The molecule has 4 rings (SSSR count). The zero-order valence-electron chi connectivity index (χ0n) is 17.0. The van der Waals surface area contributed by atoms with Gasteiger partial charge in [0, 0.05) is 37.9 Å². The minimum absolute atomic E-state index is 0.0978. The smallest absolute Gasteiger partial charge is 0.433 e. The third-order valence-electron chi connectivity index (χ3n) is 4.96. The first kappa shape index (κ1) is 21.9. The van der Waals surface area contributed by atoms with E-state index in [1.54, 1.807) is 12.1 Å². The molecule has 0 atom stereocenters. The second kappa shape index (κ2) is 9.43. The van der Waals surface area contributed by atoms with Gasteiger partial charge in [-0.2, -0.15) is 18.2 Å². The molecule has 1 aliphatic heterocycles. The quantitative estimate of drug-likeness (QED) is 0.554. The van der Waals surface area contributed by atoms with Crippen LogP contribution in [0.3, 0.4) is 0 Å². The molecule has 0 bridgehead atoms. The molecule has 11 heteroatoms. The molecule has 0 saturated carbocycles. The number of hydrogen-bond donors (Lipinski definition) is 2. The van der Waals surface area contributed by atoms with Crippen LogP contribution < -0.4 is 20.4 Å². The SMILES string of the molecule is FC(F)(F)c1cc(N2CCN(c3ccccc3)CC2)nc(NC(=S)NCc2ccco2)n1. The summed E-state index contributed by atoms with van der Waals surface area (Å²) in [6.45, 7) is 2.68. The van der Waals surface area contributed by atoms with Gasteiger partial charge in [0.25, 0.3) is 0 Å². The van der Waals surface area contributed by atoms with Crippen molar-refractivity contribution in [2.24, 2.45) is 0 Å². The Morgan fingerprint density at radius 1 is 1.00 bits per heavy atom. The van der Waals surface area contributed by atoms with Crippen LogP contribution in [0.15, 0.2) is 59.2 Å². The van der Waals surface area contributed by atoms with Gasteiger partial charge >= 0.3 is 6.18 Å². The van der Waals surface area contributed by atoms with Gasteiger partial charge in [-0.05, 0) is 36.5 Å². The van der Waals surface area contributed by atoms with Crippen LogP contribution in [0.4, 0.5) is 30.6 Å². The number of benzene rings is 1. The number of para-hydroxylation sites is 1. The third kappa shape index (κ3) is 5.47. The minimum Gasteiger partial charge on any atom is -0.467 e. The largest absolute Gasteiger partial charge is 0.467 e. The Labute approximate surface area is 188 Å². The van der Waals surface area contributed by atoms with Gasteiger partial charge in [-0.25, -0.2) is 4.98 Å². The third-order valence-corrected chi connectivity index (χ3v) is 5.20. The summed E-state index contributed by atoms with van der Waals surface area (Å²) >= 11 is 5.17. The number of nitrogens with zero attached hydrogens (tertiary/aromatic N) is 4. The molecule has 7 nitrogen and oxygen atoms in total. The molecular weight excluding hydrogens is 441 g/mol. The minimum atomic E-state index is -4.61. The maximum atomic E-state index is 13.5. The lowest BCUT2D eigenvalue weighted by molar-refractivity contribution is -0.141. The number of piperazine rings is 1. The van der Waals surface area contributed by atoms with Crippen LogP contribution in [0.1, 0.15) is 11.5 Å². The second-order valence-electron chi connectivity index (χ2n) is 7.13. The van der Waals surface area contributed by atoms with Crippen molar-refractivity contribution in [2.75, 3.05) is 41.3 Å². The zero-order valence-corrected chi connectivity index (χ0v) is 17.8. The van der Waals surface area contributed by atoms with E-state index in [9.17, 15) is 13.2 Å². The number of hydrogen-bond acceptors (Lipinski definition) is 6. The first-order valence-corrected chi connectivity index (χ1v) is 10.4. The number of anilines is 3. The molecule has 0 amide bonds. The van der Waals surface area contributed by atoms with Gasteiger partial charge in [0.2, 0.25) is 5.95 Å². The first-order valence-electron chi connectivity index (χ1n) is 9.97. The summed E-state index contributed by atoms with van der Waals surface area (Å²) in [6, 6.07) is 14.4. The predicted molar refractivity (Wildman–Crippen MR) is 120 cm³/mol. The van der Waals surface area contributed by atoms with Crippen LogP contribution in [-0.4, -0.2) is 41.3 Å². The fourth-order valence-electron chi connectivity index (χ4n) is 3.36. The van der Waals surface area contributed by atoms with Crippen molar-refractivity contribution in [1.82, 2.24) is 15.3 Å². The molecule has 1 aromatic carbocycles. The molecule has 3 aromatic rings. The molecule has 1 saturated heterocycles. The lowest BCUT2D eigenvalue weighted by Gasteiger charge is -2.37. The van der Waals surface area contributed by atoms with Gasteiger partial charge in [0.1, 0.15) is 11.6 Å². The van der Waals surface area contributed by atoms with Gasteiger partial charge in [0.05, 0.1) is 12.8 Å². The van der Waals surface area contributed by atoms with Crippen LogP contribution in [-0.2, 0) is 12.7 Å². The summed E-state index contributed by atoms with van der Waals surface area (Å²) in [6.07, 6.45) is -3.09. The van der Waals surface area contributed by atoms with Crippen molar-refractivity contribution < 1.29 is 17.6 Å². The average Bonchev–Trinajstić information content (AvgIpc) is 3.31. The number of nitrogens with one attached hydrogen (secondary N) is 2. The molecule has 2 N–H and O–H groups in total. The monoisotopic (exact) mass is 462 g/mol. The van der Waals surface area contributed by atoms with Crippen LogP contribution in [0.5, 0.6) is 0 Å². The molecule has 3 heterocycles. The van der Waals surface area contributed by atoms with E-state index in [0.29, 0.717) is 31.9 Å². The van der Waals surface area contributed by atoms with Crippen LogP contribution in [0, 0.1) is 0 Å². The molecule has 32 heavy (non-hydrogen) atoms. The van der Waals surface area contributed by atoms with E-state index in [2.05, 4.69) is 25.5 Å². The van der Waals surface area contributed by atoms with Gasteiger partial charge < -0.3 is 24.9 Å². The van der Waals surface area contributed by atoms with Crippen molar-refractivity contribution >= 4 is 34.8 Å². The van der Waals surface area contributed by atoms with E-state index in [0.717, 1.165) is 11.8 Å². The Morgan fingerprint density at radius 3 is 2.38 bits per heavy atom. The molecule has 0 aliphatic carbocycles. The van der Waals surface area contributed by atoms with Crippen LogP contribution in [0.2, 0.25) is 0 Å². The fourth-order valence-corrected chi connectivity index (χ4v) is 3.52.